The van der Waals surface area contributed by atoms with Crippen LogP contribution in [0.15, 0.2) is 30.3 Å². The number of pyridine rings is 1. The molecule has 1 nitrogen and oxygen atoms in total. The van der Waals surface area contributed by atoms with Crippen LogP contribution in [0.25, 0.3) is 10.9 Å². The minimum Gasteiger partial charge on any atom is -0.445 e. The number of aryl methyl sites for hydroxylation is 1. The molecule has 0 saturated heterocycles. The van der Waals surface area contributed by atoms with Gasteiger partial charge in [-0.1, -0.05) is 29.7 Å². The molecule has 0 unspecified atom stereocenters. The van der Waals surface area contributed by atoms with Gasteiger partial charge in [0.2, 0.25) is 0 Å². The molecule has 0 radical (unpaired) electrons. The Hall–Kier alpha value is 0.121. The van der Waals surface area contributed by atoms with Crippen LogP contribution in [0, 0.1) is 6.92 Å². The summed E-state index contributed by atoms with van der Waals surface area (Å²) in [5.41, 5.74) is 0.0243. The van der Waals surface area contributed by atoms with E-state index in [0.29, 0.717) is 11.1 Å². The molecular formula is C10H8BF3KN. The van der Waals surface area contributed by atoms with Crippen molar-refractivity contribution < 1.29 is 64.3 Å². The van der Waals surface area contributed by atoms with E-state index in [1.807, 2.05) is 0 Å². The predicted molar refractivity (Wildman–Crippen MR) is 55.2 cm³/mol. The van der Waals surface area contributed by atoms with Crippen LogP contribution in [-0.2, 0) is 0 Å². The first kappa shape index (κ1) is 14.2. The van der Waals surface area contributed by atoms with Gasteiger partial charge in [-0.2, -0.15) is 0 Å². The summed E-state index contributed by atoms with van der Waals surface area (Å²) in [6.45, 7) is -3.31. The molecule has 0 aliphatic heterocycles. The van der Waals surface area contributed by atoms with E-state index in [2.05, 4.69) is 4.98 Å². The van der Waals surface area contributed by atoms with Crippen molar-refractivity contribution in [2.75, 3.05) is 0 Å². The molecule has 0 atom stereocenters. The van der Waals surface area contributed by atoms with Crippen LogP contribution >= 0.6 is 0 Å². The topological polar surface area (TPSA) is 12.9 Å². The molecule has 16 heavy (non-hydrogen) atoms. The Labute approximate surface area is 134 Å². The number of nitrogens with zero attached hydrogens (tertiary/aromatic N) is 1. The van der Waals surface area contributed by atoms with Gasteiger partial charge in [0.25, 0.3) is 0 Å². The van der Waals surface area contributed by atoms with Crippen molar-refractivity contribution in [2.45, 2.75) is 6.92 Å². The first-order valence-electron chi connectivity index (χ1n) is 4.55. The smallest absolute Gasteiger partial charge is 0.445 e. The Morgan fingerprint density at radius 1 is 1.06 bits per heavy atom. The standard InChI is InChI=1S/C10H8BF3N.K/c1-7-5-6-8-3-2-4-9(10(8)15-7)11(12,13)14;/h2-6H,1H3;/q-1;+1. The van der Waals surface area contributed by atoms with Crippen molar-refractivity contribution in [1.82, 2.24) is 4.98 Å². The quantitative estimate of drug-likeness (QED) is 0.627. The number of para-hydroxylation sites is 1. The normalized spacial score (nSPS) is 11.2. The van der Waals surface area contributed by atoms with E-state index in [4.69, 9.17) is 0 Å². The first-order valence-corrected chi connectivity index (χ1v) is 4.55. The van der Waals surface area contributed by atoms with Crippen molar-refractivity contribution in [2.24, 2.45) is 0 Å². The second-order valence-corrected chi connectivity index (χ2v) is 3.45. The third-order valence-electron chi connectivity index (χ3n) is 2.24. The van der Waals surface area contributed by atoms with E-state index >= 15 is 0 Å². The molecule has 1 aromatic carbocycles. The number of aromatic nitrogens is 1. The zero-order chi connectivity index (χ0) is 11.1. The van der Waals surface area contributed by atoms with E-state index in [-0.39, 0.29) is 56.9 Å². The number of hydrogen-bond acceptors (Lipinski definition) is 1. The van der Waals surface area contributed by atoms with Crippen molar-refractivity contribution in [1.29, 1.82) is 0 Å². The summed E-state index contributed by atoms with van der Waals surface area (Å²) in [5, 5.41) is 0.525. The Morgan fingerprint density at radius 3 is 2.38 bits per heavy atom. The second kappa shape index (κ2) is 5.18. The minimum absolute atomic E-state index is 0. The molecule has 1 heterocycles. The Morgan fingerprint density at radius 2 is 1.75 bits per heavy atom. The van der Waals surface area contributed by atoms with E-state index in [9.17, 15) is 12.9 Å². The molecule has 0 fully saturated rings. The van der Waals surface area contributed by atoms with Crippen LogP contribution < -0.4 is 56.8 Å². The molecule has 2 rings (SSSR count). The maximum Gasteiger partial charge on any atom is 1.00 e. The molecule has 1 aromatic heterocycles. The Kier molecular flexibility index (Phi) is 4.59. The van der Waals surface area contributed by atoms with Gasteiger partial charge in [0.15, 0.2) is 0 Å². The Bertz CT molecular complexity index is 513. The summed E-state index contributed by atoms with van der Waals surface area (Å²) in [4.78, 5) is 3.94. The maximum atomic E-state index is 12.7. The summed E-state index contributed by atoms with van der Waals surface area (Å²) >= 11 is 0. The summed E-state index contributed by atoms with van der Waals surface area (Å²) in [6, 6.07) is 7.48. The largest absolute Gasteiger partial charge is 1.00 e. The fraction of sp³-hybridized carbons (Fsp3) is 0.100. The average molecular weight is 249 g/mol. The monoisotopic (exact) mass is 249 g/mol. The zero-order valence-corrected chi connectivity index (χ0v) is 12.2. The van der Waals surface area contributed by atoms with Gasteiger partial charge in [-0.05, 0) is 18.4 Å². The molecular weight excluding hydrogens is 241 g/mol. The second-order valence-electron chi connectivity index (χ2n) is 3.45. The third kappa shape index (κ3) is 2.87. The fourth-order valence-electron chi connectivity index (χ4n) is 1.53. The van der Waals surface area contributed by atoms with Crippen LogP contribution in [0.3, 0.4) is 0 Å². The molecule has 2 aromatic rings. The SMILES string of the molecule is Cc1ccc2cccc([B-](F)(F)F)c2n1.[K+]. The van der Waals surface area contributed by atoms with Gasteiger partial charge in [-0.3, -0.25) is 4.98 Å². The summed E-state index contributed by atoms with van der Waals surface area (Å²) in [6.07, 6.45) is 0. The van der Waals surface area contributed by atoms with Gasteiger partial charge in [0.1, 0.15) is 0 Å². The van der Waals surface area contributed by atoms with Gasteiger partial charge < -0.3 is 12.9 Å². The van der Waals surface area contributed by atoms with Crippen LogP contribution in [0.2, 0.25) is 0 Å². The molecule has 78 valence electrons. The first-order chi connectivity index (χ1) is 6.98. The van der Waals surface area contributed by atoms with Gasteiger partial charge >= 0.3 is 58.4 Å². The predicted octanol–water partition coefficient (Wildman–Crippen LogP) is -0.398. The maximum absolute atomic E-state index is 12.7. The number of benzene rings is 1. The molecule has 0 saturated carbocycles. The van der Waals surface area contributed by atoms with E-state index in [1.165, 1.54) is 6.07 Å². The van der Waals surface area contributed by atoms with Crippen LogP contribution in [0.1, 0.15) is 5.69 Å². The third-order valence-corrected chi connectivity index (χ3v) is 2.24. The average Bonchev–Trinajstić information content (AvgIpc) is 2.15. The molecule has 6 heteroatoms. The van der Waals surface area contributed by atoms with Crippen LogP contribution in [-0.4, -0.2) is 12.0 Å². The summed E-state index contributed by atoms with van der Waals surface area (Å²) in [5.74, 6) is 0. The molecule has 0 aliphatic carbocycles. The van der Waals surface area contributed by atoms with Crippen molar-refractivity contribution >= 4 is 23.3 Å². The van der Waals surface area contributed by atoms with E-state index in [1.54, 1.807) is 25.1 Å². The van der Waals surface area contributed by atoms with Gasteiger partial charge in [-0.15, -0.1) is 0 Å². The van der Waals surface area contributed by atoms with Gasteiger partial charge in [-0.25, -0.2) is 0 Å². The van der Waals surface area contributed by atoms with E-state index < -0.39 is 12.4 Å². The van der Waals surface area contributed by atoms with Crippen molar-refractivity contribution in [3.63, 3.8) is 0 Å². The zero-order valence-electron chi connectivity index (χ0n) is 9.05. The molecule has 0 bridgehead atoms. The molecule has 0 spiro atoms. The molecule has 0 aliphatic rings. The molecule has 0 N–H and O–H groups in total. The number of rotatable bonds is 1. The van der Waals surface area contributed by atoms with Crippen molar-refractivity contribution in [3.05, 3.63) is 36.0 Å². The van der Waals surface area contributed by atoms with Gasteiger partial charge in [0.05, 0.1) is 0 Å². The fourth-order valence-corrected chi connectivity index (χ4v) is 1.53. The molecule has 0 amide bonds. The van der Waals surface area contributed by atoms with Crippen LogP contribution in [0.4, 0.5) is 12.9 Å². The number of halogens is 3. The Balaban J connectivity index is 0.00000128. The van der Waals surface area contributed by atoms with E-state index in [0.717, 1.165) is 6.07 Å². The number of fused-ring (bicyclic) bond motifs is 1. The number of hydrogen-bond donors (Lipinski definition) is 0. The summed E-state index contributed by atoms with van der Waals surface area (Å²) < 4.78 is 38.0. The minimum atomic E-state index is -4.99. The van der Waals surface area contributed by atoms with Crippen LogP contribution in [0.5, 0.6) is 0 Å². The van der Waals surface area contributed by atoms with Crippen molar-refractivity contribution in [3.8, 4) is 0 Å². The summed E-state index contributed by atoms with van der Waals surface area (Å²) in [7, 11) is 0. The van der Waals surface area contributed by atoms with Gasteiger partial charge in [0, 0.05) is 11.2 Å².